The van der Waals surface area contributed by atoms with E-state index in [0.29, 0.717) is 6.54 Å². The lowest BCUT2D eigenvalue weighted by atomic mass is 9.99. The number of amides is 2. The summed E-state index contributed by atoms with van der Waals surface area (Å²) in [6, 6.07) is 14.1. The van der Waals surface area contributed by atoms with E-state index >= 15 is 0 Å². The Labute approximate surface area is 187 Å². The number of carbonyl (C=O) groups excluding carboxylic acids is 1. The zero-order valence-corrected chi connectivity index (χ0v) is 18.7. The molecule has 162 valence electrons. The van der Waals surface area contributed by atoms with Gasteiger partial charge in [0, 0.05) is 37.4 Å². The van der Waals surface area contributed by atoms with Crippen LogP contribution in [0.3, 0.4) is 0 Å². The van der Waals surface area contributed by atoms with Crippen LogP contribution in [0.4, 0.5) is 10.5 Å². The normalized spacial score (nSPS) is 13.7. The van der Waals surface area contributed by atoms with Gasteiger partial charge in [0.2, 0.25) is 0 Å². The van der Waals surface area contributed by atoms with Crippen LogP contribution in [0.1, 0.15) is 40.7 Å². The molecule has 0 saturated carbocycles. The third-order valence-electron chi connectivity index (χ3n) is 5.73. The summed E-state index contributed by atoms with van der Waals surface area (Å²) in [5, 5.41) is 8.14. The second kappa shape index (κ2) is 10.0. The number of rotatable bonds is 4. The number of nitrogens with zero attached hydrogens (tertiary/aromatic N) is 2. The molecule has 0 unspecified atom stereocenters. The monoisotopic (exact) mass is 435 g/mol. The van der Waals surface area contributed by atoms with Crippen molar-refractivity contribution >= 4 is 23.7 Å². The number of hydrogen-bond acceptors (Lipinski definition) is 4. The first-order chi connectivity index (χ1) is 15.1. The lowest BCUT2D eigenvalue weighted by Crippen LogP contribution is -2.24. The predicted molar refractivity (Wildman–Crippen MR) is 126 cm³/mol. The molecule has 0 fully saturated rings. The highest BCUT2D eigenvalue weighted by molar-refractivity contribution is 7.97. The second-order valence-corrected chi connectivity index (χ2v) is 8.74. The van der Waals surface area contributed by atoms with Gasteiger partial charge in [-0.3, -0.25) is 9.40 Å². The molecule has 1 aromatic heterocycles. The average molecular weight is 436 g/mol. The summed E-state index contributed by atoms with van der Waals surface area (Å²) < 4.78 is 4.56. The fourth-order valence-corrected chi connectivity index (χ4v) is 4.81. The molecule has 4 N–H and O–H groups in total. The van der Waals surface area contributed by atoms with E-state index in [1.807, 2.05) is 49.6 Å². The minimum absolute atomic E-state index is 0.171. The molecule has 2 aromatic carbocycles. The molecule has 7 heteroatoms. The summed E-state index contributed by atoms with van der Waals surface area (Å²) >= 11 is 1.24. The zero-order valence-electron chi connectivity index (χ0n) is 17.9. The van der Waals surface area contributed by atoms with E-state index in [2.05, 4.69) is 21.2 Å². The predicted octanol–water partition coefficient (Wildman–Crippen LogP) is 4.37. The van der Waals surface area contributed by atoms with Crippen molar-refractivity contribution in [2.75, 3.05) is 5.32 Å². The van der Waals surface area contributed by atoms with Crippen LogP contribution in [0.5, 0.6) is 0 Å². The molecule has 0 bridgehead atoms. The Bertz CT molecular complexity index is 1020. The Kier molecular flexibility index (Phi) is 6.94. The summed E-state index contributed by atoms with van der Waals surface area (Å²) in [5.74, 6) is 0. The molecule has 1 heterocycles. The van der Waals surface area contributed by atoms with E-state index in [1.54, 1.807) is 4.68 Å². The fourth-order valence-electron chi connectivity index (χ4n) is 4.27. The number of nitrogens with one attached hydrogen (secondary N) is 2. The van der Waals surface area contributed by atoms with Gasteiger partial charge in [-0.1, -0.05) is 36.4 Å². The van der Waals surface area contributed by atoms with E-state index in [9.17, 15) is 4.79 Å². The largest absolute Gasteiger partial charge is 0.329 e. The number of nitrogens with two attached hydrogens (primary N) is 1. The van der Waals surface area contributed by atoms with Crippen LogP contribution in [-0.4, -0.2) is 15.8 Å². The first-order valence-corrected chi connectivity index (χ1v) is 11.6. The molecule has 0 saturated heterocycles. The van der Waals surface area contributed by atoms with Gasteiger partial charge < -0.3 is 11.1 Å². The smallest absolute Gasteiger partial charge is 0.326 e. The molecule has 0 aliphatic heterocycles. The highest BCUT2D eigenvalue weighted by Gasteiger charge is 2.24. The van der Waals surface area contributed by atoms with Crippen LogP contribution < -0.4 is 15.8 Å². The van der Waals surface area contributed by atoms with Crippen molar-refractivity contribution in [1.29, 1.82) is 0 Å². The van der Waals surface area contributed by atoms with Gasteiger partial charge in [0.25, 0.3) is 0 Å². The van der Waals surface area contributed by atoms with Gasteiger partial charge in [-0.05, 0) is 72.4 Å². The molecule has 2 amide bonds. The van der Waals surface area contributed by atoms with Gasteiger partial charge in [0.15, 0.2) is 0 Å². The molecule has 0 radical (unpaired) electrons. The standard InChI is InChI=1S/C17H20N4OS.C7H9N/c1-21-9-8-15(19-21)23-20-17(22)18-16-13-6-2-4-11(13)10-12-5-3-7-14(12)16;8-6-7-4-2-1-3-5-7/h8-10H,2-7H2,1H3,(H2,18,20,22);1-5H,6,8H2. The first-order valence-electron chi connectivity index (χ1n) is 10.8. The maximum atomic E-state index is 12.3. The molecule has 0 spiro atoms. The summed E-state index contributed by atoms with van der Waals surface area (Å²) in [5.41, 5.74) is 13.2. The molecule has 2 aliphatic carbocycles. The Morgan fingerprint density at radius 2 is 1.74 bits per heavy atom. The number of fused-ring (bicyclic) bond motifs is 2. The summed E-state index contributed by atoms with van der Waals surface area (Å²) in [6.45, 7) is 0.640. The third kappa shape index (κ3) is 5.29. The van der Waals surface area contributed by atoms with Crippen LogP contribution in [0.15, 0.2) is 53.7 Å². The van der Waals surface area contributed by atoms with Gasteiger partial charge in [-0.2, -0.15) is 5.10 Å². The quantitative estimate of drug-likeness (QED) is 0.531. The van der Waals surface area contributed by atoms with Crippen molar-refractivity contribution in [2.45, 2.75) is 50.1 Å². The van der Waals surface area contributed by atoms with Crippen molar-refractivity contribution in [3.05, 3.63) is 76.5 Å². The van der Waals surface area contributed by atoms with E-state index in [1.165, 1.54) is 52.6 Å². The Morgan fingerprint density at radius 3 is 2.29 bits per heavy atom. The number of anilines is 1. The Balaban J connectivity index is 0.000000245. The second-order valence-electron chi connectivity index (χ2n) is 7.91. The SMILES string of the molecule is Cn1ccc(SNC(=O)Nc2c3c(cc4c2CCC4)CCC3)n1.NCc1ccccc1. The topological polar surface area (TPSA) is 85.0 Å². The third-order valence-corrected chi connectivity index (χ3v) is 6.44. The molecule has 0 atom stereocenters. The molecule has 6 nitrogen and oxygen atoms in total. The van der Waals surface area contributed by atoms with Gasteiger partial charge in [0.1, 0.15) is 5.03 Å². The summed E-state index contributed by atoms with van der Waals surface area (Å²) in [4.78, 5) is 12.3. The van der Waals surface area contributed by atoms with Crippen LogP contribution in [0.25, 0.3) is 0 Å². The molecule has 2 aliphatic rings. The molecule has 3 aromatic rings. The number of aromatic nitrogens is 2. The van der Waals surface area contributed by atoms with Gasteiger partial charge in [-0.25, -0.2) is 4.79 Å². The summed E-state index contributed by atoms with van der Waals surface area (Å²) in [7, 11) is 1.86. The number of urea groups is 1. The van der Waals surface area contributed by atoms with E-state index in [-0.39, 0.29) is 6.03 Å². The van der Waals surface area contributed by atoms with Crippen molar-refractivity contribution in [2.24, 2.45) is 12.8 Å². The van der Waals surface area contributed by atoms with E-state index in [0.717, 1.165) is 36.4 Å². The van der Waals surface area contributed by atoms with E-state index < -0.39 is 0 Å². The number of carbonyl (C=O) groups is 1. The minimum atomic E-state index is -0.171. The molecular weight excluding hydrogens is 406 g/mol. The fraction of sp³-hybridized carbons (Fsp3) is 0.333. The zero-order chi connectivity index (χ0) is 21.6. The Morgan fingerprint density at radius 1 is 1.06 bits per heavy atom. The van der Waals surface area contributed by atoms with Gasteiger partial charge >= 0.3 is 6.03 Å². The van der Waals surface area contributed by atoms with Gasteiger partial charge in [0.05, 0.1) is 0 Å². The number of hydrogen-bond donors (Lipinski definition) is 3. The Hall–Kier alpha value is -2.77. The van der Waals surface area contributed by atoms with Crippen molar-refractivity contribution < 1.29 is 4.79 Å². The first kappa shape index (κ1) is 21.5. The van der Waals surface area contributed by atoms with Crippen LogP contribution in [0, 0.1) is 0 Å². The van der Waals surface area contributed by atoms with E-state index in [4.69, 9.17) is 5.73 Å². The van der Waals surface area contributed by atoms with Gasteiger partial charge in [-0.15, -0.1) is 0 Å². The number of benzene rings is 2. The maximum Gasteiger partial charge on any atom is 0.329 e. The minimum Gasteiger partial charge on any atom is -0.326 e. The average Bonchev–Trinajstić information content (AvgIpc) is 3.54. The van der Waals surface area contributed by atoms with Crippen LogP contribution >= 0.6 is 11.9 Å². The maximum absolute atomic E-state index is 12.3. The van der Waals surface area contributed by atoms with Crippen molar-refractivity contribution in [3.63, 3.8) is 0 Å². The van der Waals surface area contributed by atoms with Crippen LogP contribution in [0.2, 0.25) is 0 Å². The summed E-state index contributed by atoms with van der Waals surface area (Å²) in [6.07, 6.45) is 8.67. The highest BCUT2D eigenvalue weighted by Crippen LogP contribution is 2.38. The van der Waals surface area contributed by atoms with Crippen molar-refractivity contribution in [1.82, 2.24) is 14.5 Å². The molecular formula is C24H29N5OS. The molecule has 31 heavy (non-hydrogen) atoms. The lowest BCUT2D eigenvalue weighted by molar-refractivity contribution is 0.257. The van der Waals surface area contributed by atoms with Crippen molar-refractivity contribution in [3.8, 4) is 0 Å². The highest BCUT2D eigenvalue weighted by atomic mass is 32.2. The lowest BCUT2D eigenvalue weighted by Gasteiger charge is -2.16. The van der Waals surface area contributed by atoms with Crippen LogP contribution in [-0.2, 0) is 39.3 Å². The molecule has 5 rings (SSSR count). The number of aryl methyl sites for hydroxylation is 3.